The van der Waals surface area contributed by atoms with Gasteiger partial charge in [-0.05, 0) is 44.4 Å². The number of nitrogens with one attached hydrogen (secondary N) is 2. The summed E-state index contributed by atoms with van der Waals surface area (Å²) in [7, 11) is -1.51. The highest BCUT2D eigenvalue weighted by Crippen LogP contribution is 2.30. The molecule has 2 rings (SSSR count). The summed E-state index contributed by atoms with van der Waals surface area (Å²) in [5.74, 6) is 0.478. The van der Waals surface area contributed by atoms with Crippen LogP contribution in [0.25, 0.3) is 0 Å². The summed E-state index contributed by atoms with van der Waals surface area (Å²) in [6, 6.07) is 1.90. The zero-order valence-corrected chi connectivity index (χ0v) is 14.7. The van der Waals surface area contributed by atoms with Gasteiger partial charge in [0, 0.05) is 17.5 Å². The number of thiophene rings is 1. The number of hydrogen-bond acceptors (Lipinski definition) is 4. The average Bonchev–Trinajstić information content (AvgIpc) is 2.82. The molecular weight excluding hydrogens is 304 g/mol. The second-order valence-electron chi connectivity index (χ2n) is 5.88. The van der Waals surface area contributed by atoms with Gasteiger partial charge in [-0.25, -0.2) is 13.1 Å². The van der Waals surface area contributed by atoms with E-state index in [1.165, 1.54) is 17.8 Å². The summed E-state index contributed by atoms with van der Waals surface area (Å²) in [4.78, 5) is 1.09. The molecule has 1 aromatic heterocycles. The Hall–Kier alpha value is -0.430. The van der Waals surface area contributed by atoms with E-state index < -0.39 is 10.0 Å². The minimum absolute atomic E-state index is 0.101. The molecule has 1 saturated carbocycles. The molecule has 21 heavy (non-hydrogen) atoms. The minimum Gasteiger partial charge on any atom is -0.315 e. The summed E-state index contributed by atoms with van der Waals surface area (Å²) in [5.41, 5.74) is 1.05. The number of rotatable bonds is 6. The monoisotopic (exact) mass is 330 g/mol. The first-order valence-electron chi connectivity index (χ1n) is 7.74. The Kier molecular flexibility index (Phi) is 5.82. The molecule has 0 spiro atoms. The van der Waals surface area contributed by atoms with Crippen LogP contribution in [0, 0.1) is 12.8 Å². The first-order chi connectivity index (χ1) is 9.97. The van der Waals surface area contributed by atoms with Gasteiger partial charge in [-0.15, -0.1) is 11.3 Å². The fourth-order valence-electron chi connectivity index (χ4n) is 3.07. The maximum atomic E-state index is 12.6. The summed E-state index contributed by atoms with van der Waals surface area (Å²) < 4.78 is 28.6. The van der Waals surface area contributed by atoms with Gasteiger partial charge in [0.1, 0.15) is 4.21 Å². The second kappa shape index (κ2) is 7.22. The molecule has 1 aliphatic rings. The van der Waals surface area contributed by atoms with Crippen LogP contribution in [0.4, 0.5) is 0 Å². The van der Waals surface area contributed by atoms with Gasteiger partial charge in [-0.1, -0.05) is 26.2 Å². The SMILES string of the molecule is CCC1CCCCC1NS(=O)(=O)c1cc(C)c(CNC)s1. The van der Waals surface area contributed by atoms with Crippen molar-refractivity contribution in [1.82, 2.24) is 10.0 Å². The van der Waals surface area contributed by atoms with Crippen molar-refractivity contribution < 1.29 is 8.42 Å². The van der Waals surface area contributed by atoms with Crippen molar-refractivity contribution >= 4 is 21.4 Å². The van der Waals surface area contributed by atoms with Gasteiger partial charge < -0.3 is 5.32 Å². The van der Waals surface area contributed by atoms with Crippen LogP contribution in [0.3, 0.4) is 0 Å². The van der Waals surface area contributed by atoms with Crippen LogP contribution in [0.2, 0.25) is 0 Å². The quantitative estimate of drug-likeness (QED) is 0.843. The Bertz CT molecular complexity index is 566. The third-order valence-electron chi connectivity index (χ3n) is 4.34. The first kappa shape index (κ1) is 16.9. The van der Waals surface area contributed by atoms with Crippen LogP contribution >= 0.6 is 11.3 Å². The molecule has 4 nitrogen and oxygen atoms in total. The smallest absolute Gasteiger partial charge is 0.250 e. The molecule has 1 aromatic rings. The average molecular weight is 331 g/mol. The van der Waals surface area contributed by atoms with E-state index in [2.05, 4.69) is 17.0 Å². The van der Waals surface area contributed by atoms with Crippen molar-refractivity contribution in [3.05, 3.63) is 16.5 Å². The van der Waals surface area contributed by atoms with Gasteiger partial charge >= 0.3 is 0 Å². The van der Waals surface area contributed by atoms with Crippen LogP contribution in [0.5, 0.6) is 0 Å². The van der Waals surface area contributed by atoms with E-state index in [1.54, 1.807) is 6.07 Å². The van der Waals surface area contributed by atoms with Crippen molar-refractivity contribution in [1.29, 1.82) is 0 Å². The number of aryl methyl sites for hydroxylation is 1. The fourth-order valence-corrected chi connectivity index (χ4v) is 6.02. The van der Waals surface area contributed by atoms with Crippen LogP contribution in [0.1, 0.15) is 49.5 Å². The second-order valence-corrected chi connectivity index (χ2v) is 8.96. The van der Waals surface area contributed by atoms with E-state index in [1.807, 2.05) is 14.0 Å². The van der Waals surface area contributed by atoms with Crippen LogP contribution in [0.15, 0.2) is 10.3 Å². The van der Waals surface area contributed by atoms with Crippen molar-refractivity contribution in [2.45, 2.75) is 62.7 Å². The van der Waals surface area contributed by atoms with E-state index in [-0.39, 0.29) is 6.04 Å². The van der Waals surface area contributed by atoms with Crippen molar-refractivity contribution in [3.63, 3.8) is 0 Å². The minimum atomic E-state index is -3.38. The predicted octanol–water partition coefficient (Wildman–Crippen LogP) is 3.02. The van der Waals surface area contributed by atoms with Gasteiger partial charge in [0.25, 0.3) is 0 Å². The normalized spacial score (nSPS) is 23.4. The third kappa shape index (κ3) is 4.06. The highest BCUT2D eigenvalue weighted by molar-refractivity contribution is 7.91. The lowest BCUT2D eigenvalue weighted by Crippen LogP contribution is -2.41. The summed E-state index contributed by atoms with van der Waals surface area (Å²) in [6.45, 7) is 4.84. The van der Waals surface area contributed by atoms with E-state index in [0.717, 1.165) is 36.1 Å². The fraction of sp³-hybridized carbons (Fsp3) is 0.733. The highest BCUT2D eigenvalue weighted by Gasteiger charge is 2.29. The molecule has 1 fully saturated rings. The van der Waals surface area contributed by atoms with E-state index >= 15 is 0 Å². The molecule has 0 bridgehead atoms. The lowest BCUT2D eigenvalue weighted by atomic mass is 9.83. The molecule has 6 heteroatoms. The molecule has 0 amide bonds. The van der Waals surface area contributed by atoms with Crippen molar-refractivity contribution in [3.8, 4) is 0 Å². The number of hydrogen-bond donors (Lipinski definition) is 2. The van der Waals surface area contributed by atoms with Gasteiger partial charge in [-0.3, -0.25) is 0 Å². The Morgan fingerprint density at radius 1 is 1.33 bits per heavy atom. The largest absolute Gasteiger partial charge is 0.315 e. The third-order valence-corrected chi connectivity index (χ3v) is 7.54. The molecule has 0 aromatic carbocycles. The number of sulfonamides is 1. The van der Waals surface area contributed by atoms with E-state index in [4.69, 9.17) is 0 Å². The molecule has 1 aliphatic carbocycles. The Labute approximate surface area is 132 Å². The highest BCUT2D eigenvalue weighted by atomic mass is 32.2. The molecule has 0 aliphatic heterocycles. The van der Waals surface area contributed by atoms with Gasteiger partial charge in [0.2, 0.25) is 10.0 Å². The molecule has 0 radical (unpaired) electrons. The maximum absolute atomic E-state index is 12.6. The summed E-state index contributed by atoms with van der Waals surface area (Å²) >= 11 is 1.38. The zero-order valence-electron chi connectivity index (χ0n) is 13.1. The maximum Gasteiger partial charge on any atom is 0.250 e. The molecule has 2 atom stereocenters. The van der Waals surface area contributed by atoms with E-state index in [9.17, 15) is 8.42 Å². The predicted molar refractivity (Wildman–Crippen MR) is 88.2 cm³/mol. The molecule has 0 saturated heterocycles. The van der Waals surface area contributed by atoms with Gasteiger partial charge in [-0.2, -0.15) is 0 Å². The van der Waals surface area contributed by atoms with Gasteiger partial charge in [0.05, 0.1) is 0 Å². The molecule has 2 N–H and O–H groups in total. The van der Waals surface area contributed by atoms with Crippen LogP contribution < -0.4 is 10.0 Å². The molecule has 120 valence electrons. The van der Waals surface area contributed by atoms with Crippen molar-refractivity contribution in [2.24, 2.45) is 5.92 Å². The van der Waals surface area contributed by atoms with Crippen LogP contribution in [-0.4, -0.2) is 21.5 Å². The molecule has 1 heterocycles. The Morgan fingerprint density at radius 2 is 2.05 bits per heavy atom. The Morgan fingerprint density at radius 3 is 2.71 bits per heavy atom. The first-order valence-corrected chi connectivity index (χ1v) is 10.0. The Balaban J connectivity index is 2.15. The van der Waals surface area contributed by atoms with Gasteiger partial charge in [0.15, 0.2) is 0 Å². The zero-order chi connectivity index (χ0) is 15.5. The standard InChI is InChI=1S/C15H26N2O2S2/c1-4-12-7-5-6-8-13(12)17-21(18,19)15-9-11(2)14(20-15)10-16-3/h9,12-13,16-17H,4-8,10H2,1-3H3. The molecule has 2 unspecified atom stereocenters. The molecular formula is C15H26N2O2S2. The summed E-state index contributed by atoms with van der Waals surface area (Å²) in [6.07, 6.45) is 5.49. The summed E-state index contributed by atoms with van der Waals surface area (Å²) in [5, 5.41) is 3.08. The van der Waals surface area contributed by atoms with E-state index in [0.29, 0.717) is 16.7 Å². The van der Waals surface area contributed by atoms with Crippen molar-refractivity contribution in [2.75, 3.05) is 7.05 Å². The van der Waals surface area contributed by atoms with Crippen LogP contribution in [-0.2, 0) is 16.6 Å². The lowest BCUT2D eigenvalue weighted by molar-refractivity contribution is 0.282. The topological polar surface area (TPSA) is 58.2 Å². The lowest BCUT2D eigenvalue weighted by Gasteiger charge is -2.31.